The minimum absolute atomic E-state index is 0.468. The molecule has 0 aliphatic rings. The summed E-state index contributed by atoms with van der Waals surface area (Å²) in [5.74, 6) is 1.15. The van der Waals surface area contributed by atoms with Crippen LogP contribution < -0.4 is 0 Å². The van der Waals surface area contributed by atoms with Crippen LogP contribution in [0.1, 0.15) is 21.8 Å². The van der Waals surface area contributed by atoms with Gasteiger partial charge < -0.3 is 0 Å². The fourth-order valence-electron chi connectivity index (χ4n) is 2.04. The first-order valence-electron chi connectivity index (χ1n) is 6.20. The molecule has 0 aliphatic carbocycles. The van der Waals surface area contributed by atoms with Crippen molar-refractivity contribution in [2.45, 2.75) is 26.7 Å². The molecular formula is C15H18ClNS. The minimum Gasteiger partial charge on any atom is -0.247 e. The van der Waals surface area contributed by atoms with Crippen molar-refractivity contribution in [1.82, 2.24) is 4.98 Å². The van der Waals surface area contributed by atoms with E-state index < -0.39 is 0 Å². The molecule has 0 radical (unpaired) electrons. The van der Waals surface area contributed by atoms with Gasteiger partial charge in [0.15, 0.2) is 0 Å². The molecule has 0 bridgehead atoms. The minimum atomic E-state index is 0.468. The highest BCUT2D eigenvalue weighted by Crippen LogP contribution is 2.18. The van der Waals surface area contributed by atoms with Crippen LogP contribution >= 0.6 is 22.9 Å². The number of benzene rings is 1. The molecule has 0 saturated heterocycles. The van der Waals surface area contributed by atoms with Crippen LogP contribution in [0.25, 0.3) is 0 Å². The Morgan fingerprint density at radius 3 is 2.44 bits per heavy atom. The second-order valence-electron chi connectivity index (χ2n) is 4.77. The van der Waals surface area contributed by atoms with Crippen LogP contribution in [0.5, 0.6) is 0 Å². The summed E-state index contributed by atoms with van der Waals surface area (Å²) >= 11 is 7.79. The molecule has 2 rings (SSSR count). The molecule has 1 nitrogen and oxygen atoms in total. The summed E-state index contributed by atoms with van der Waals surface area (Å²) in [5, 5.41) is 3.28. The van der Waals surface area contributed by atoms with Gasteiger partial charge in [-0.25, -0.2) is 4.98 Å². The van der Waals surface area contributed by atoms with Gasteiger partial charge in [0.05, 0.1) is 10.7 Å². The number of alkyl halides is 1. The van der Waals surface area contributed by atoms with Crippen molar-refractivity contribution in [1.29, 1.82) is 0 Å². The topological polar surface area (TPSA) is 12.9 Å². The van der Waals surface area contributed by atoms with E-state index in [0.29, 0.717) is 11.8 Å². The molecule has 1 heterocycles. The third-order valence-corrected chi connectivity index (χ3v) is 4.29. The van der Waals surface area contributed by atoms with Crippen molar-refractivity contribution in [3.05, 3.63) is 51.5 Å². The number of hydrogen-bond donors (Lipinski definition) is 0. The van der Waals surface area contributed by atoms with E-state index >= 15 is 0 Å². The Morgan fingerprint density at radius 2 is 1.89 bits per heavy atom. The molecule has 0 spiro atoms. The van der Waals surface area contributed by atoms with Crippen LogP contribution in [-0.2, 0) is 12.8 Å². The highest BCUT2D eigenvalue weighted by Gasteiger charge is 2.11. The highest BCUT2D eigenvalue weighted by molar-refractivity contribution is 7.09. The number of thiazole rings is 1. The lowest BCUT2D eigenvalue weighted by molar-refractivity contribution is 0.576. The van der Waals surface area contributed by atoms with Crippen molar-refractivity contribution in [3.8, 4) is 0 Å². The summed E-state index contributed by atoms with van der Waals surface area (Å²) in [6.45, 7) is 4.16. The van der Waals surface area contributed by atoms with Gasteiger partial charge in [-0.1, -0.05) is 29.8 Å². The van der Waals surface area contributed by atoms with Crippen molar-refractivity contribution >= 4 is 22.9 Å². The Hall–Kier alpha value is -0.860. The molecule has 18 heavy (non-hydrogen) atoms. The zero-order valence-electron chi connectivity index (χ0n) is 10.8. The Balaban J connectivity index is 1.99. The summed E-state index contributed by atoms with van der Waals surface area (Å²) in [6, 6.07) is 8.71. The van der Waals surface area contributed by atoms with Crippen LogP contribution in [0.2, 0.25) is 0 Å². The molecule has 2 aromatic rings. The van der Waals surface area contributed by atoms with Gasteiger partial charge in [-0.15, -0.1) is 22.9 Å². The van der Waals surface area contributed by atoms with Crippen molar-refractivity contribution in [3.63, 3.8) is 0 Å². The predicted molar refractivity (Wildman–Crippen MR) is 79.6 cm³/mol. The molecular weight excluding hydrogens is 262 g/mol. The number of halogens is 1. The van der Waals surface area contributed by atoms with Crippen molar-refractivity contribution in [2.24, 2.45) is 5.92 Å². The lowest BCUT2D eigenvalue weighted by Crippen LogP contribution is -2.10. The third kappa shape index (κ3) is 3.82. The SMILES string of the molecule is Cc1ccc(CC(CCl)Cc2csc(C)n2)cc1. The molecule has 1 aromatic carbocycles. The molecule has 0 aliphatic heterocycles. The van der Waals surface area contributed by atoms with E-state index in [2.05, 4.69) is 41.6 Å². The Morgan fingerprint density at radius 1 is 1.17 bits per heavy atom. The first kappa shape index (κ1) is 13.6. The van der Waals surface area contributed by atoms with E-state index in [-0.39, 0.29) is 0 Å². The van der Waals surface area contributed by atoms with E-state index in [4.69, 9.17) is 11.6 Å². The molecule has 1 atom stereocenters. The quantitative estimate of drug-likeness (QED) is 0.739. The van der Waals surface area contributed by atoms with Crippen molar-refractivity contribution < 1.29 is 0 Å². The summed E-state index contributed by atoms with van der Waals surface area (Å²) in [5.41, 5.74) is 3.84. The van der Waals surface area contributed by atoms with Crippen LogP contribution in [0.15, 0.2) is 29.6 Å². The van der Waals surface area contributed by atoms with Gasteiger partial charge in [-0.2, -0.15) is 0 Å². The number of aromatic nitrogens is 1. The van der Waals surface area contributed by atoms with Crippen LogP contribution in [-0.4, -0.2) is 10.9 Å². The molecule has 0 amide bonds. The van der Waals surface area contributed by atoms with E-state index in [0.717, 1.165) is 17.8 Å². The molecule has 96 valence electrons. The van der Waals surface area contributed by atoms with Gasteiger partial charge in [0.25, 0.3) is 0 Å². The first-order chi connectivity index (χ1) is 8.67. The van der Waals surface area contributed by atoms with Gasteiger partial charge in [-0.3, -0.25) is 0 Å². The van der Waals surface area contributed by atoms with E-state index in [9.17, 15) is 0 Å². The lowest BCUT2D eigenvalue weighted by atomic mass is 9.96. The standard InChI is InChI=1S/C15H18ClNS/c1-11-3-5-13(6-4-11)7-14(9-16)8-15-10-18-12(2)17-15/h3-6,10,14H,7-9H2,1-2H3. The second-order valence-corrected chi connectivity index (χ2v) is 6.14. The number of nitrogens with zero attached hydrogens (tertiary/aromatic N) is 1. The van der Waals surface area contributed by atoms with E-state index in [1.807, 2.05) is 6.92 Å². The van der Waals surface area contributed by atoms with Crippen LogP contribution in [0.3, 0.4) is 0 Å². The fraction of sp³-hybridized carbons (Fsp3) is 0.400. The molecule has 3 heteroatoms. The number of hydrogen-bond acceptors (Lipinski definition) is 2. The zero-order chi connectivity index (χ0) is 13.0. The zero-order valence-corrected chi connectivity index (χ0v) is 12.4. The van der Waals surface area contributed by atoms with Crippen molar-refractivity contribution in [2.75, 3.05) is 5.88 Å². The molecule has 0 fully saturated rings. The van der Waals surface area contributed by atoms with Crippen LogP contribution in [0.4, 0.5) is 0 Å². The normalized spacial score (nSPS) is 12.6. The molecule has 0 N–H and O–H groups in total. The Kier molecular flexibility index (Phi) is 4.79. The number of aryl methyl sites for hydroxylation is 2. The molecule has 1 aromatic heterocycles. The van der Waals surface area contributed by atoms with E-state index in [1.165, 1.54) is 16.8 Å². The van der Waals surface area contributed by atoms with Gasteiger partial charge in [0.2, 0.25) is 0 Å². The predicted octanol–water partition coefficient (Wildman–Crippen LogP) is 4.40. The molecule has 0 saturated carbocycles. The first-order valence-corrected chi connectivity index (χ1v) is 7.61. The summed E-state index contributed by atoms with van der Waals surface area (Å²) in [7, 11) is 0. The van der Waals surface area contributed by atoms with Gasteiger partial charge in [0, 0.05) is 11.3 Å². The second kappa shape index (κ2) is 6.35. The average molecular weight is 280 g/mol. The highest BCUT2D eigenvalue weighted by atomic mass is 35.5. The van der Waals surface area contributed by atoms with Gasteiger partial charge in [0.1, 0.15) is 0 Å². The van der Waals surface area contributed by atoms with E-state index in [1.54, 1.807) is 11.3 Å². The third-order valence-electron chi connectivity index (χ3n) is 3.03. The largest absolute Gasteiger partial charge is 0.247 e. The summed E-state index contributed by atoms with van der Waals surface area (Å²) in [6.07, 6.45) is 2.00. The average Bonchev–Trinajstić information content (AvgIpc) is 2.77. The summed E-state index contributed by atoms with van der Waals surface area (Å²) in [4.78, 5) is 4.51. The smallest absolute Gasteiger partial charge is 0.0897 e. The van der Waals surface area contributed by atoms with Gasteiger partial charge in [-0.05, 0) is 38.2 Å². The maximum Gasteiger partial charge on any atom is 0.0897 e. The molecule has 1 unspecified atom stereocenters. The number of rotatable bonds is 5. The Labute approximate surface area is 118 Å². The fourth-order valence-corrected chi connectivity index (χ4v) is 2.88. The summed E-state index contributed by atoms with van der Waals surface area (Å²) < 4.78 is 0. The maximum atomic E-state index is 6.08. The Bertz CT molecular complexity index is 489. The van der Waals surface area contributed by atoms with Crippen LogP contribution in [0, 0.1) is 19.8 Å². The lowest BCUT2D eigenvalue weighted by Gasteiger charge is -2.12. The maximum absolute atomic E-state index is 6.08. The monoisotopic (exact) mass is 279 g/mol. The van der Waals surface area contributed by atoms with Gasteiger partial charge >= 0.3 is 0 Å².